The molecular formula is C20H34N2O. The normalized spacial score (nSPS) is 13.3. The van der Waals surface area contributed by atoms with Gasteiger partial charge < -0.3 is 10.0 Å². The molecule has 0 saturated heterocycles. The molecule has 0 heterocycles. The van der Waals surface area contributed by atoms with Crippen LogP contribution in [-0.2, 0) is 10.8 Å². The van der Waals surface area contributed by atoms with Crippen molar-refractivity contribution in [2.45, 2.75) is 58.8 Å². The van der Waals surface area contributed by atoms with Crippen molar-refractivity contribution in [2.75, 3.05) is 27.2 Å². The van der Waals surface area contributed by atoms with Crippen LogP contribution in [0.25, 0.3) is 0 Å². The maximum Gasteiger partial charge on any atom is 0.128 e. The summed E-state index contributed by atoms with van der Waals surface area (Å²) in [5, 5.41) is 10.7. The fraction of sp³-hybridized carbons (Fsp3) is 0.650. The van der Waals surface area contributed by atoms with Gasteiger partial charge in [-0.05, 0) is 49.5 Å². The van der Waals surface area contributed by atoms with Crippen LogP contribution in [0.4, 0.5) is 0 Å². The summed E-state index contributed by atoms with van der Waals surface area (Å²) in [6.45, 7) is 14.8. The highest BCUT2D eigenvalue weighted by atomic mass is 16.3. The van der Waals surface area contributed by atoms with Crippen molar-refractivity contribution < 1.29 is 5.11 Å². The first kappa shape index (κ1) is 19.7. The summed E-state index contributed by atoms with van der Waals surface area (Å²) < 4.78 is 0. The van der Waals surface area contributed by atoms with E-state index in [1.165, 1.54) is 5.56 Å². The Morgan fingerprint density at radius 1 is 1.04 bits per heavy atom. The minimum absolute atomic E-state index is 0.0429. The van der Waals surface area contributed by atoms with E-state index in [0.29, 0.717) is 5.75 Å². The first-order valence-corrected chi connectivity index (χ1v) is 8.45. The Morgan fingerprint density at radius 2 is 1.65 bits per heavy atom. The number of phenolic OH excluding ortho intramolecular Hbond substituents is 1. The third-order valence-electron chi connectivity index (χ3n) is 3.94. The Morgan fingerprint density at radius 3 is 2.13 bits per heavy atom. The number of hydrogen-bond acceptors (Lipinski definition) is 3. The lowest BCUT2D eigenvalue weighted by molar-refractivity contribution is 0.403. The highest BCUT2D eigenvalue weighted by molar-refractivity contribution is 5.85. The number of aromatic hydroxyl groups is 1. The van der Waals surface area contributed by atoms with Crippen LogP contribution in [0.3, 0.4) is 0 Å². The van der Waals surface area contributed by atoms with Crippen molar-refractivity contribution in [1.82, 2.24) is 4.90 Å². The predicted octanol–water partition coefficient (Wildman–Crippen LogP) is 4.36. The van der Waals surface area contributed by atoms with Gasteiger partial charge in [-0.2, -0.15) is 0 Å². The molecule has 0 aliphatic heterocycles. The zero-order chi connectivity index (χ0) is 17.8. The lowest BCUT2D eigenvalue weighted by atomic mass is 9.79. The lowest BCUT2D eigenvalue weighted by Crippen LogP contribution is -2.17. The first-order valence-electron chi connectivity index (χ1n) is 8.45. The van der Waals surface area contributed by atoms with Gasteiger partial charge in [-0.25, -0.2) is 0 Å². The van der Waals surface area contributed by atoms with E-state index in [1.807, 2.05) is 6.21 Å². The summed E-state index contributed by atoms with van der Waals surface area (Å²) in [4.78, 5) is 6.67. The van der Waals surface area contributed by atoms with Crippen LogP contribution in [0, 0.1) is 0 Å². The molecule has 1 rings (SSSR count). The maximum absolute atomic E-state index is 10.7. The summed E-state index contributed by atoms with van der Waals surface area (Å²) in [5.74, 6) is 0.363. The summed E-state index contributed by atoms with van der Waals surface area (Å²) in [5.41, 5.74) is 2.99. The van der Waals surface area contributed by atoms with Crippen LogP contribution in [0.5, 0.6) is 5.75 Å². The number of hydrogen-bond donors (Lipinski definition) is 1. The Kier molecular flexibility index (Phi) is 6.41. The fourth-order valence-corrected chi connectivity index (χ4v) is 2.40. The van der Waals surface area contributed by atoms with Gasteiger partial charge >= 0.3 is 0 Å². The Labute approximate surface area is 142 Å². The Hall–Kier alpha value is -1.35. The van der Waals surface area contributed by atoms with E-state index in [1.54, 1.807) is 0 Å². The molecule has 1 aromatic rings. The molecule has 0 aromatic heterocycles. The van der Waals surface area contributed by atoms with Gasteiger partial charge in [0.1, 0.15) is 5.75 Å². The van der Waals surface area contributed by atoms with Crippen LogP contribution >= 0.6 is 0 Å². The lowest BCUT2D eigenvalue weighted by Gasteiger charge is -2.27. The van der Waals surface area contributed by atoms with E-state index < -0.39 is 0 Å². The Balaban J connectivity index is 3.13. The van der Waals surface area contributed by atoms with Crippen LogP contribution in [0.15, 0.2) is 17.1 Å². The van der Waals surface area contributed by atoms with Crippen molar-refractivity contribution >= 4 is 6.21 Å². The zero-order valence-corrected chi connectivity index (χ0v) is 16.2. The topological polar surface area (TPSA) is 35.8 Å². The quantitative estimate of drug-likeness (QED) is 0.647. The molecule has 0 unspecified atom stereocenters. The molecule has 1 N–H and O–H groups in total. The molecule has 0 aliphatic carbocycles. The molecule has 130 valence electrons. The van der Waals surface area contributed by atoms with Crippen LogP contribution in [0.2, 0.25) is 0 Å². The molecule has 23 heavy (non-hydrogen) atoms. The smallest absolute Gasteiger partial charge is 0.128 e. The SMILES string of the molecule is CN(C)CCC/N=C/c1cc(C(C)(C)C)cc(C(C)(C)C)c1O. The summed E-state index contributed by atoms with van der Waals surface area (Å²) >= 11 is 0. The van der Waals surface area contributed by atoms with E-state index in [2.05, 4.69) is 77.7 Å². The van der Waals surface area contributed by atoms with Crippen molar-refractivity contribution in [3.63, 3.8) is 0 Å². The number of aliphatic imine (C=N–C) groups is 1. The number of nitrogens with zero attached hydrogens (tertiary/aromatic N) is 2. The van der Waals surface area contributed by atoms with E-state index in [9.17, 15) is 5.11 Å². The summed E-state index contributed by atoms with van der Waals surface area (Å²) in [6.07, 6.45) is 2.85. The molecule has 0 aliphatic rings. The van der Waals surface area contributed by atoms with Gasteiger partial charge in [0.25, 0.3) is 0 Å². The average molecular weight is 319 g/mol. The van der Waals surface area contributed by atoms with Gasteiger partial charge in [0, 0.05) is 23.9 Å². The van der Waals surface area contributed by atoms with Gasteiger partial charge in [-0.15, -0.1) is 0 Å². The van der Waals surface area contributed by atoms with Gasteiger partial charge in [0.2, 0.25) is 0 Å². The van der Waals surface area contributed by atoms with E-state index in [4.69, 9.17) is 0 Å². The van der Waals surface area contributed by atoms with Gasteiger partial charge in [-0.1, -0.05) is 47.6 Å². The summed E-state index contributed by atoms with van der Waals surface area (Å²) in [6, 6.07) is 4.21. The molecule has 3 nitrogen and oxygen atoms in total. The second kappa shape index (κ2) is 7.48. The van der Waals surface area contributed by atoms with Crippen molar-refractivity contribution in [1.29, 1.82) is 0 Å². The maximum atomic E-state index is 10.7. The molecule has 0 spiro atoms. The van der Waals surface area contributed by atoms with Crippen molar-refractivity contribution in [3.8, 4) is 5.75 Å². The third-order valence-corrected chi connectivity index (χ3v) is 3.94. The molecule has 0 atom stereocenters. The first-order chi connectivity index (χ1) is 10.4. The fourth-order valence-electron chi connectivity index (χ4n) is 2.40. The van der Waals surface area contributed by atoms with Gasteiger partial charge in [0.15, 0.2) is 0 Å². The predicted molar refractivity (Wildman–Crippen MR) is 101 cm³/mol. The van der Waals surface area contributed by atoms with E-state index in [-0.39, 0.29) is 10.8 Å². The van der Waals surface area contributed by atoms with Crippen molar-refractivity contribution in [3.05, 3.63) is 28.8 Å². The molecule has 0 radical (unpaired) electrons. The third kappa shape index (κ3) is 5.98. The monoisotopic (exact) mass is 318 g/mol. The Bertz CT molecular complexity index is 546. The molecule has 0 saturated carbocycles. The molecule has 0 fully saturated rings. The number of benzene rings is 1. The van der Waals surface area contributed by atoms with Crippen LogP contribution in [-0.4, -0.2) is 43.4 Å². The van der Waals surface area contributed by atoms with Gasteiger partial charge in [-0.3, -0.25) is 4.99 Å². The second-order valence-electron chi connectivity index (χ2n) is 8.65. The number of phenols is 1. The molecule has 0 amide bonds. The highest BCUT2D eigenvalue weighted by Gasteiger charge is 2.24. The molecule has 3 heteroatoms. The zero-order valence-electron chi connectivity index (χ0n) is 16.2. The minimum Gasteiger partial charge on any atom is -0.507 e. The largest absolute Gasteiger partial charge is 0.507 e. The van der Waals surface area contributed by atoms with Gasteiger partial charge in [0.05, 0.1) is 0 Å². The van der Waals surface area contributed by atoms with Crippen LogP contribution < -0.4 is 0 Å². The standard InChI is InChI=1S/C20H34N2O/c1-19(2,3)16-12-15(14-21-10-9-11-22(7)8)18(23)17(13-16)20(4,5)6/h12-14,23H,9-11H2,1-8H3/b21-14+. The molecule has 1 aromatic carbocycles. The van der Waals surface area contributed by atoms with Crippen LogP contribution in [0.1, 0.15) is 64.7 Å². The molecule has 0 bridgehead atoms. The molecular weight excluding hydrogens is 284 g/mol. The number of rotatable bonds is 5. The second-order valence-corrected chi connectivity index (χ2v) is 8.65. The van der Waals surface area contributed by atoms with Crippen molar-refractivity contribution in [2.24, 2.45) is 4.99 Å². The highest BCUT2D eigenvalue weighted by Crippen LogP contribution is 2.37. The average Bonchev–Trinajstić information content (AvgIpc) is 2.36. The summed E-state index contributed by atoms with van der Waals surface area (Å²) in [7, 11) is 4.13. The minimum atomic E-state index is -0.0984. The van der Waals surface area contributed by atoms with E-state index in [0.717, 1.165) is 30.6 Å². The van der Waals surface area contributed by atoms with E-state index >= 15 is 0 Å².